The van der Waals surface area contributed by atoms with E-state index in [0.717, 1.165) is 43.7 Å². The van der Waals surface area contributed by atoms with Gasteiger partial charge in [0.2, 0.25) is 5.95 Å². The fourth-order valence-electron chi connectivity index (χ4n) is 4.77. The number of fused-ring (bicyclic) bond motifs is 1. The fourth-order valence-corrected chi connectivity index (χ4v) is 5.77. The van der Waals surface area contributed by atoms with Crippen molar-refractivity contribution in [2.75, 3.05) is 42.7 Å². The summed E-state index contributed by atoms with van der Waals surface area (Å²) in [5.41, 5.74) is 4.27. The van der Waals surface area contributed by atoms with Crippen molar-refractivity contribution >= 4 is 49.8 Å². The molecule has 0 spiro atoms. The van der Waals surface area contributed by atoms with Crippen molar-refractivity contribution in [1.29, 1.82) is 0 Å². The lowest BCUT2D eigenvalue weighted by atomic mass is 10.1. The number of hydrogen-bond acceptors (Lipinski definition) is 8. The third kappa shape index (κ3) is 5.11. The first-order valence-electron chi connectivity index (χ1n) is 12.4. The van der Waals surface area contributed by atoms with Gasteiger partial charge in [-0.2, -0.15) is 4.98 Å². The van der Waals surface area contributed by atoms with Crippen molar-refractivity contribution in [1.82, 2.24) is 19.9 Å². The monoisotopic (exact) mass is 552 g/mol. The fraction of sp³-hybridized carbons (Fsp3) is 0.296. The molecule has 1 aliphatic rings. The number of piperazine rings is 1. The summed E-state index contributed by atoms with van der Waals surface area (Å²) >= 11 is 6.42. The minimum absolute atomic E-state index is 0.0955. The van der Waals surface area contributed by atoms with Gasteiger partial charge < -0.3 is 15.5 Å². The lowest BCUT2D eigenvalue weighted by molar-refractivity contribution is 0.588. The van der Waals surface area contributed by atoms with Gasteiger partial charge in [-0.05, 0) is 55.8 Å². The molecule has 1 aliphatic heterocycles. The molecule has 0 unspecified atom stereocenters. The summed E-state index contributed by atoms with van der Waals surface area (Å²) in [6.07, 6.45) is 2.78. The summed E-state index contributed by atoms with van der Waals surface area (Å²) in [5, 5.41) is 7.50. The van der Waals surface area contributed by atoms with Gasteiger partial charge in [-0.15, -0.1) is 0 Å². The maximum Gasteiger partial charge on any atom is 0.260 e. The summed E-state index contributed by atoms with van der Waals surface area (Å²) in [4.78, 5) is 25.1. The molecule has 0 atom stereocenters. The molecule has 198 valence electrons. The predicted octanol–water partition coefficient (Wildman–Crippen LogP) is 4.00. The predicted molar refractivity (Wildman–Crippen MR) is 153 cm³/mol. The second-order valence-corrected chi connectivity index (χ2v) is 11.8. The number of aryl methyl sites for hydroxylation is 2. The molecular formula is C27H29ClN6O3S. The third-order valence-electron chi connectivity index (χ3n) is 6.71. The summed E-state index contributed by atoms with van der Waals surface area (Å²) in [5.74, 6) is 0.386. The number of rotatable bonds is 6. The number of halogens is 1. The Balaban J connectivity index is 1.49. The summed E-state index contributed by atoms with van der Waals surface area (Å²) < 4.78 is 25.4. The lowest BCUT2D eigenvalue weighted by Crippen LogP contribution is -2.43. The van der Waals surface area contributed by atoms with Gasteiger partial charge in [0.25, 0.3) is 5.56 Å². The second-order valence-electron chi connectivity index (χ2n) is 9.36. The van der Waals surface area contributed by atoms with E-state index in [0.29, 0.717) is 34.7 Å². The molecular weight excluding hydrogens is 524 g/mol. The van der Waals surface area contributed by atoms with Crippen molar-refractivity contribution < 1.29 is 8.42 Å². The van der Waals surface area contributed by atoms with Crippen molar-refractivity contribution in [3.63, 3.8) is 0 Å². The van der Waals surface area contributed by atoms with E-state index in [1.807, 2.05) is 13.0 Å². The largest absolute Gasteiger partial charge is 0.369 e. The van der Waals surface area contributed by atoms with Crippen LogP contribution >= 0.6 is 11.6 Å². The Hall–Kier alpha value is -3.47. The first-order valence-corrected chi connectivity index (χ1v) is 14.7. The SMILES string of the molecule is CCn1c(=O)c(-c2ccc(S(C)(=O)=O)cc2Cl)cc2cnc(Nc3ccc(N4CCNCC4)c(C)c3)nc21. The van der Waals surface area contributed by atoms with Crippen LogP contribution in [0.5, 0.6) is 0 Å². The maximum absolute atomic E-state index is 13.4. The van der Waals surface area contributed by atoms with Gasteiger partial charge in [-0.1, -0.05) is 17.7 Å². The molecule has 1 saturated heterocycles. The molecule has 0 radical (unpaired) electrons. The second kappa shape index (κ2) is 10.4. The Morgan fingerprint density at radius 2 is 1.84 bits per heavy atom. The standard InChI is InChI=1S/C27H29ClN6O3S/c1-4-34-25-18(14-22(26(34)35)21-7-6-20(15-23(21)28)38(3,36)37)16-30-27(32-25)31-19-5-8-24(17(2)13-19)33-11-9-29-10-12-33/h5-8,13-16,29H,4,9-12H2,1-3H3,(H,30,31,32). The zero-order valence-electron chi connectivity index (χ0n) is 21.5. The summed E-state index contributed by atoms with van der Waals surface area (Å²) in [6.45, 7) is 8.25. The molecule has 5 rings (SSSR count). The Bertz CT molecular complexity index is 1700. The van der Waals surface area contributed by atoms with Gasteiger partial charge >= 0.3 is 0 Å². The van der Waals surface area contributed by atoms with E-state index in [1.165, 1.54) is 17.8 Å². The molecule has 4 aromatic rings. The number of benzene rings is 2. The number of hydrogen-bond donors (Lipinski definition) is 2. The molecule has 0 aliphatic carbocycles. The van der Waals surface area contributed by atoms with E-state index in [9.17, 15) is 13.2 Å². The molecule has 9 nitrogen and oxygen atoms in total. The highest BCUT2D eigenvalue weighted by Crippen LogP contribution is 2.30. The highest BCUT2D eigenvalue weighted by atomic mass is 35.5. The van der Waals surface area contributed by atoms with E-state index in [-0.39, 0.29) is 15.5 Å². The number of pyridine rings is 1. The molecule has 1 fully saturated rings. The molecule has 0 amide bonds. The molecule has 38 heavy (non-hydrogen) atoms. The number of aromatic nitrogens is 3. The Morgan fingerprint density at radius 1 is 1.08 bits per heavy atom. The van der Waals surface area contributed by atoms with Crippen molar-refractivity contribution in [3.8, 4) is 11.1 Å². The van der Waals surface area contributed by atoms with Crippen LogP contribution in [0.3, 0.4) is 0 Å². The van der Waals surface area contributed by atoms with Crippen molar-refractivity contribution in [2.45, 2.75) is 25.3 Å². The number of sulfone groups is 1. The van der Waals surface area contributed by atoms with E-state index >= 15 is 0 Å². The average Bonchev–Trinajstić information content (AvgIpc) is 2.89. The van der Waals surface area contributed by atoms with E-state index in [1.54, 1.807) is 22.9 Å². The van der Waals surface area contributed by atoms with Gasteiger partial charge in [0.1, 0.15) is 5.65 Å². The van der Waals surface area contributed by atoms with Crippen molar-refractivity contribution in [3.05, 3.63) is 69.6 Å². The van der Waals surface area contributed by atoms with Crippen LogP contribution in [0.25, 0.3) is 22.2 Å². The number of nitrogens with one attached hydrogen (secondary N) is 2. The van der Waals surface area contributed by atoms with Crippen LogP contribution in [0.1, 0.15) is 12.5 Å². The van der Waals surface area contributed by atoms with E-state index < -0.39 is 9.84 Å². The minimum Gasteiger partial charge on any atom is -0.369 e. The molecule has 2 aromatic heterocycles. The normalized spacial score (nSPS) is 14.2. The van der Waals surface area contributed by atoms with Crippen LogP contribution in [-0.2, 0) is 16.4 Å². The first kappa shape index (κ1) is 26.1. The van der Waals surface area contributed by atoms with E-state index in [2.05, 4.69) is 44.6 Å². The third-order valence-corrected chi connectivity index (χ3v) is 8.14. The van der Waals surface area contributed by atoms with Gasteiger partial charge in [-0.25, -0.2) is 13.4 Å². The zero-order valence-corrected chi connectivity index (χ0v) is 23.0. The summed E-state index contributed by atoms with van der Waals surface area (Å²) in [7, 11) is -3.42. The molecule has 0 bridgehead atoms. The van der Waals surface area contributed by atoms with Crippen LogP contribution in [0.2, 0.25) is 5.02 Å². The molecule has 0 saturated carbocycles. The van der Waals surface area contributed by atoms with Crippen LogP contribution in [-0.4, -0.2) is 55.4 Å². The molecule has 3 heterocycles. The quantitative estimate of drug-likeness (QED) is 0.369. The Labute approximate surface area is 226 Å². The van der Waals surface area contributed by atoms with Crippen LogP contribution in [0.4, 0.5) is 17.3 Å². The lowest BCUT2D eigenvalue weighted by Gasteiger charge is -2.30. The molecule has 11 heteroatoms. The zero-order chi connectivity index (χ0) is 27.0. The first-order chi connectivity index (χ1) is 18.2. The molecule has 2 N–H and O–H groups in total. The van der Waals surface area contributed by atoms with Gasteiger partial charge in [0.15, 0.2) is 9.84 Å². The van der Waals surface area contributed by atoms with Crippen LogP contribution in [0.15, 0.2) is 58.4 Å². The minimum atomic E-state index is -3.42. The maximum atomic E-state index is 13.4. The van der Waals surface area contributed by atoms with Gasteiger partial charge in [0.05, 0.1) is 4.90 Å². The average molecular weight is 553 g/mol. The number of anilines is 3. The van der Waals surface area contributed by atoms with Crippen LogP contribution in [0, 0.1) is 6.92 Å². The topological polar surface area (TPSA) is 109 Å². The summed E-state index contributed by atoms with van der Waals surface area (Å²) in [6, 6.07) is 12.3. The highest BCUT2D eigenvalue weighted by molar-refractivity contribution is 7.90. The van der Waals surface area contributed by atoms with Crippen LogP contribution < -0.4 is 21.1 Å². The number of nitrogens with zero attached hydrogens (tertiary/aromatic N) is 4. The Kier molecular flexibility index (Phi) is 7.13. The molecule has 2 aromatic carbocycles. The van der Waals surface area contributed by atoms with Gasteiger partial charge in [-0.3, -0.25) is 9.36 Å². The Morgan fingerprint density at radius 3 is 2.50 bits per heavy atom. The highest BCUT2D eigenvalue weighted by Gasteiger charge is 2.18. The smallest absolute Gasteiger partial charge is 0.260 e. The van der Waals surface area contributed by atoms with Gasteiger partial charge in [0, 0.05) is 78.1 Å². The van der Waals surface area contributed by atoms with Crippen molar-refractivity contribution in [2.24, 2.45) is 0 Å². The van der Waals surface area contributed by atoms with E-state index in [4.69, 9.17) is 11.6 Å².